The Hall–Kier alpha value is -1.62. The molecule has 0 spiro atoms. The number of ether oxygens (including phenoxy) is 2. The Bertz CT molecular complexity index is 549. The number of hydrogen-bond acceptors (Lipinski definition) is 4. The molecule has 1 N–H and O–H groups in total. The molecule has 0 saturated heterocycles. The average molecular weight is 307 g/mol. The number of nitrogens with one attached hydrogen (secondary N) is 1. The second kappa shape index (κ2) is 8.62. The van der Waals surface area contributed by atoms with Crippen LogP contribution in [-0.4, -0.2) is 25.2 Å². The van der Waals surface area contributed by atoms with Crippen LogP contribution in [0.2, 0.25) is 5.02 Å². The van der Waals surface area contributed by atoms with Crippen LogP contribution >= 0.6 is 11.6 Å². The zero-order valence-electron chi connectivity index (χ0n) is 12.0. The molecule has 1 heterocycles. The van der Waals surface area contributed by atoms with E-state index in [1.807, 2.05) is 30.3 Å². The van der Waals surface area contributed by atoms with Crippen LogP contribution in [0.3, 0.4) is 0 Å². The Morgan fingerprint density at radius 2 is 2.00 bits per heavy atom. The van der Waals surface area contributed by atoms with Gasteiger partial charge in [0.2, 0.25) is 0 Å². The summed E-state index contributed by atoms with van der Waals surface area (Å²) in [6.45, 7) is 2.66. The summed E-state index contributed by atoms with van der Waals surface area (Å²) in [5.74, 6) is 0.834. The number of halogens is 1. The molecule has 0 saturated carbocycles. The molecule has 0 aliphatic heterocycles. The van der Waals surface area contributed by atoms with Gasteiger partial charge in [0.15, 0.2) is 0 Å². The van der Waals surface area contributed by atoms with Crippen molar-refractivity contribution < 1.29 is 9.47 Å². The summed E-state index contributed by atoms with van der Waals surface area (Å²) in [4.78, 5) is 3.99. The first-order valence-corrected chi connectivity index (χ1v) is 7.17. The van der Waals surface area contributed by atoms with Gasteiger partial charge in [-0.2, -0.15) is 0 Å². The van der Waals surface area contributed by atoms with Crippen molar-refractivity contribution in [1.29, 1.82) is 0 Å². The quantitative estimate of drug-likeness (QED) is 0.761. The summed E-state index contributed by atoms with van der Waals surface area (Å²) >= 11 is 6.06. The van der Waals surface area contributed by atoms with E-state index >= 15 is 0 Å². The van der Waals surface area contributed by atoms with Gasteiger partial charge in [0.25, 0.3) is 0 Å². The van der Waals surface area contributed by atoms with Gasteiger partial charge >= 0.3 is 0 Å². The second-order valence-corrected chi connectivity index (χ2v) is 5.00. The maximum absolute atomic E-state index is 6.06. The summed E-state index contributed by atoms with van der Waals surface area (Å²) in [6, 6.07) is 9.53. The fourth-order valence-corrected chi connectivity index (χ4v) is 2.06. The topological polar surface area (TPSA) is 43.4 Å². The summed E-state index contributed by atoms with van der Waals surface area (Å²) in [5.41, 5.74) is 2.12. The molecule has 5 heteroatoms. The lowest BCUT2D eigenvalue weighted by atomic mass is 10.2. The number of nitrogens with zero attached hydrogens (tertiary/aromatic N) is 1. The van der Waals surface area contributed by atoms with Crippen LogP contribution < -0.4 is 10.1 Å². The first kappa shape index (κ1) is 15.8. The minimum atomic E-state index is 0.509. The van der Waals surface area contributed by atoms with Crippen molar-refractivity contribution in [1.82, 2.24) is 10.3 Å². The Balaban J connectivity index is 1.97. The maximum atomic E-state index is 6.06. The first-order chi connectivity index (χ1) is 10.3. The highest BCUT2D eigenvalue weighted by atomic mass is 35.5. The van der Waals surface area contributed by atoms with E-state index in [-0.39, 0.29) is 0 Å². The molecule has 4 nitrogen and oxygen atoms in total. The molecule has 2 rings (SSSR count). The molecule has 1 aromatic heterocycles. The van der Waals surface area contributed by atoms with Crippen LogP contribution in [0.5, 0.6) is 5.75 Å². The molecule has 2 aromatic rings. The van der Waals surface area contributed by atoms with E-state index in [1.165, 1.54) is 0 Å². The standard InChI is InChI=1S/C16H19ClN2O2/c1-20-9-8-19-11-14-10-15(17)2-3-16(14)21-12-13-4-6-18-7-5-13/h2-7,10,19H,8-9,11-12H2,1H3. The molecule has 21 heavy (non-hydrogen) atoms. The largest absolute Gasteiger partial charge is 0.489 e. The SMILES string of the molecule is COCCNCc1cc(Cl)ccc1OCc1ccncc1. The molecule has 1 aromatic carbocycles. The molecule has 0 atom stereocenters. The number of hydrogen-bond donors (Lipinski definition) is 1. The molecule has 0 amide bonds. The number of pyridine rings is 1. The minimum absolute atomic E-state index is 0.509. The molecular weight excluding hydrogens is 288 g/mol. The van der Waals surface area contributed by atoms with E-state index in [9.17, 15) is 0 Å². The second-order valence-electron chi connectivity index (χ2n) is 4.57. The smallest absolute Gasteiger partial charge is 0.124 e. The zero-order chi connectivity index (χ0) is 14.9. The molecule has 0 bridgehead atoms. The summed E-state index contributed by atoms with van der Waals surface area (Å²) in [7, 11) is 1.68. The monoisotopic (exact) mass is 306 g/mol. The number of aromatic nitrogens is 1. The Labute approximate surface area is 130 Å². The molecule has 0 fully saturated rings. The third-order valence-corrected chi connectivity index (χ3v) is 3.20. The van der Waals surface area contributed by atoms with Crippen molar-refractivity contribution in [3.8, 4) is 5.75 Å². The van der Waals surface area contributed by atoms with Crippen molar-refractivity contribution in [2.45, 2.75) is 13.2 Å². The fraction of sp³-hybridized carbons (Fsp3) is 0.312. The third kappa shape index (κ3) is 5.34. The molecule has 0 unspecified atom stereocenters. The van der Waals surface area contributed by atoms with Crippen molar-refractivity contribution >= 4 is 11.6 Å². The average Bonchev–Trinajstić information content (AvgIpc) is 2.52. The Morgan fingerprint density at radius 3 is 2.76 bits per heavy atom. The normalized spacial score (nSPS) is 10.6. The number of benzene rings is 1. The molecule has 0 radical (unpaired) electrons. The van der Waals surface area contributed by atoms with Crippen LogP contribution in [0.25, 0.3) is 0 Å². The fourth-order valence-electron chi connectivity index (χ4n) is 1.86. The van der Waals surface area contributed by atoms with Gasteiger partial charge in [-0.05, 0) is 35.9 Å². The van der Waals surface area contributed by atoms with Crippen LogP contribution in [-0.2, 0) is 17.9 Å². The number of rotatable bonds is 8. The minimum Gasteiger partial charge on any atom is -0.489 e. The number of methoxy groups -OCH3 is 1. The van der Waals surface area contributed by atoms with E-state index in [4.69, 9.17) is 21.1 Å². The van der Waals surface area contributed by atoms with E-state index < -0.39 is 0 Å². The van der Waals surface area contributed by atoms with Gasteiger partial charge in [-0.15, -0.1) is 0 Å². The van der Waals surface area contributed by atoms with Crippen LogP contribution in [0, 0.1) is 0 Å². The lowest BCUT2D eigenvalue weighted by Gasteiger charge is -2.13. The predicted octanol–water partition coefficient (Wildman–Crippen LogP) is 3.05. The predicted molar refractivity (Wildman–Crippen MR) is 83.6 cm³/mol. The lowest BCUT2D eigenvalue weighted by Crippen LogP contribution is -2.19. The first-order valence-electron chi connectivity index (χ1n) is 6.79. The van der Waals surface area contributed by atoms with Gasteiger partial charge in [-0.25, -0.2) is 0 Å². The van der Waals surface area contributed by atoms with E-state index in [0.717, 1.165) is 23.4 Å². The lowest BCUT2D eigenvalue weighted by molar-refractivity contribution is 0.199. The van der Waals surface area contributed by atoms with Gasteiger partial charge < -0.3 is 14.8 Å². The van der Waals surface area contributed by atoms with Crippen molar-refractivity contribution in [2.75, 3.05) is 20.3 Å². The Morgan fingerprint density at radius 1 is 1.19 bits per heavy atom. The highest BCUT2D eigenvalue weighted by Gasteiger charge is 2.05. The van der Waals surface area contributed by atoms with Crippen LogP contribution in [0.4, 0.5) is 0 Å². The highest BCUT2D eigenvalue weighted by Crippen LogP contribution is 2.23. The van der Waals surface area contributed by atoms with E-state index in [2.05, 4.69) is 10.3 Å². The maximum Gasteiger partial charge on any atom is 0.124 e. The van der Waals surface area contributed by atoms with Crippen LogP contribution in [0.15, 0.2) is 42.7 Å². The van der Waals surface area contributed by atoms with E-state index in [0.29, 0.717) is 24.8 Å². The summed E-state index contributed by atoms with van der Waals surface area (Å²) in [5, 5.41) is 4.00. The molecule has 112 valence electrons. The van der Waals surface area contributed by atoms with Crippen molar-refractivity contribution in [3.63, 3.8) is 0 Å². The molecular formula is C16H19ClN2O2. The van der Waals surface area contributed by atoms with Gasteiger partial charge in [-0.3, -0.25) is 4.98 Å². The van der Waals surface area contributed by atoms with Crippen molar-refractivity contribution in [3.05, 3.63) is 58.9 Å². The summed E-state index contributed by atoms with van der Waals surface area (Å²) in [6.07, 6.45) is 3.52. The van der Waals surface area contributed by atoms with Crippen molar-refractivity contribution in [2.24, 2.45) is 0 Å². The van der Waals surface area contributed by atoms with Gasteiger partial charge in [0.05, 0.1) is 6.61 Å². The summed E-state index contributed by atoms with van der Waals surface area (Å²) < 4.78 is 10.9. The Kier molecular flexibility index (Phi) is 6.47. The molecule has 0 aliphatic rings. The van der Waals surface area contributed by atoms with Gasteiger partial charge in [-0.1, -0.05) is 11.6 Å². The van der Waals surface area contributed by atoms with Gasteiger partial charge in [0.1, 0.15) is 12.4 Å². The van der Waals surface area contributed by atoms with E-state index in [1.54, 1.807) is 19.5 Å². The zero-order valence-corrected chi connectivity index (χ0v) is 12.8. The van der Waals surface area contributed by atoms with Gasteiger partial charge in [0, 0.05) is 43.2 Å². The highest BCUT2D eigenvalue weighted by molar-refractivity contribution is 6.30. The molecule has 0 aliphatic carbocycles. The third-order valence-electron chi connectivity index (χ3n) is 2.96. The van der Waals surface area contributed by atoms with Crippen LogP contribution in [0.1, 0.15) is 11.1 Å².